The molecule has 6 heteroatoms. The molecule has 0 atom stereocenters. The first kappa shape index (κ1) is 19.3. The first-order valence-corrected chi connectivity index (χ1v) is 9.86. The highest BCUT2D eigenvalue weighted by molar-refractivity contribution is 6.31. The summed E-state index contributed by atoms with van der Waals surface area (Å²) in [7, 11) is 1.53. The lowest BCUT2D eigenvalue weighted by atomic mass is 10.0. The Morgan fingerprint density at radius 2 is 1.45 bits per heavy atom. The summed E-state index contributed by atoms with van der Waals surface area (Å²) in [6.07, 6.45) is 0. The molecule has 1 saturated heterocycles. The number of carbonyl (C=O) groups is 2. The zero-order chi connectivity index (χ0) is 20.4. The van der Waals surface area contributed by atoms with E-state index in [2.05, 4.69) is 0 Å². The number of rotatable bonds is 3. The maximum absolute atomic E-state index is 13.1. The second kappa shape index (κ2) is 8.13. The fourth-order valence-corrected chi connectivity index (χ4v) is 3.88. The minimum absolute atomic E-state index is 0.00534. The third-order valence-corrected chi connectivity index (χ3v) is 5.50. The van der Waals surface area contributed by atoms with Crippen LogP contribution >= 0.6 is 11.6 Å². The van der Waals surface area contributed by atoms with E-state index in [1.807, 2.05) is 42.5 Å². The molecule has 148 valence electrons. The van der Waals surface area contributed by atoms with Crippen molar-refractivity contribution in [3.63, 3.8) is 0 Å². The van der Waals surface area contributed by atoms with Gasteiger partial charge in [0.25, 0.3) is 11.8 Å². The summed E-state index contributed by atoms with van der Waals surface area (Å²) in [6.45, 7) is 1.89. The van der Waals surface area contributed by atoms with Gasteiger partial charge in [-0.15, -0.1) is 0 Å². The molecule has 4 rings (SSSR count). The summed E-state index contributed by atoms with van der Waals surface area (Å²) in [5.74, 6) is 0.351. The van der Waals surface area contributed by atoms with E-state index in [0.717, 1.165) is 10.8 Å². The zero-order valence-corrected chi connectivity index (χ0v) is 16.9. The minimum atomic E-state index is -0.137. The third-order valence-electron chi connectivity index (χ3n) is 5.27. The van der Waals surface area contributed by atoms with E-state index < -0.39 is 0 Å². The Kier molecular flexibility index (Phi) is 5.41. The van der Waals surface area contributed by atoms with Crippen LogP contribution in [-0.2, 0) is 0 Å². The molecule has 0 aliphatic carbocycles. The predicted molar refractivity (Wildman–Crippen MR) is 114 cm³/mol. The van der Waals surface area contributed by atoms with Crippen LogP contribution in [0.25, 0.3) is 10.8 Å². The molecule has 2 amide bonds. The van der Waals surface area contributed by atoms with Crippen molar-refractivity contribution in [2.75, 3.05) is 33.3 Å². The number of hydrogen-bond donors (Lipinski definition) is 0. The third kappa shape index (κ3) is 3.78. The van der Waals surface area contributed by atoms with Crippen molar-refractivity contribution in [2.24, 2.45) is 0 Å². The predicted octanol–water partition coefficient (Wildman–Crippen LogP) is 4.10. The number of ether oxygens (including phenoxy) is 1. The summed E-state index contributed by atoms with van der Waals surface area (Å²) in [4.78, 5) is 29.6. The van der Waals surface area contributed by atoms with Crippen molar-refractivity contribution >= 4 is 34.2 Å². The van der Waals surface area contributed by atoms with Gasteiger partial charge < -0.3 is 14.5 Å². The number of hydrogen-bond acceptors (Lipinski definition) is 3. The van der Waals surface area contributed by atoms with Crippen molar-refractivity contribution in [3.05, 3.63) is 76.8 Å². The van der Waals surface area contributed by atoms with Crippen LogP contribution in [-0.4, -0.2) is 54.9 Å². The Morgan fingerprint density at radius 1 is 0.828 bits per heavy atom. The number of halogens is 1. The van der Waals surface area contributed by atoms with Gasteiger partial charge in [-0.1, -0.05) is 48.0 Å². The van der Waals surface area contributed by atoms with E-state index in [1.165, 1.54) is 7.11 Å². The van der Waals surface area contributed by atoms with Crippen LogP contribution in [0.1, 0.15) is 20.7 Å². The number of methoxy groups -OCH3 is 1. The van der Waals surface area contributed by atoms with Crippen LogP contribution in [0.2, 0.25) is 5.02 Å². The summed E-state index contributed by atoms with van der Waals surface area (Å²) < 4.78 is 5.30. The Labute approximate surface area is 174 Å². The molecular weight excluding hydrogens is 388 g/mol. The average molecular weight is 409 g/mol. The molecule has 1 aliphatic rings. The number of benzene rings is 3. The summed E-state index contributed by atoms with van der Waals surface area (Å²) in [5.41, 5.74) is 1.13. The van der Waals surface area contributed by atoms with Gasteiger partial charge in [-0.25, -0.2) is 0 Å². The SMILES string of the molecule is COc1ccc(Cl)cc1C(=O)N1CCN(C(=O)c2cccc3ccccc23)CC1. The van der Waals surface area contributed by atoms with Gasteiger partial charge in [0.2, 0.25) is 0 Å². The molecule has 1 fully saturated rings. The van der Waals surface area contributed by atoms with Gasteiger partial charge in [0, 0.05) is 36.8 Å². The Hall–Kier alpha value is -3.05. The van der Waals surface area contributed by atoms with Crippen LogP contribution in [0.15, 0.2) is 60.7 Å². The molecule has 0 aromatic heterocycles. The van der Waals surface area contributed by atoms with Crippen molar-refractivity contribution in [1.82, 2.24) is 9.80 Å². The molecule has 1 aliphatic heterocycles. The monoisotopic (exact) mass is 408 g/mol. The largest absolute Gasteiger partial charge is 0.496 e. The van der Waals surface area contributed by atoms with Crippen LogP contribution in [0.3, 0.4) is 0 Å². The van der Waals surface area contributed by atoms with Gasteiger partial charge in [0.15, 0.2) is 0 Å². The highest BCUT2D eigenvalue weighted by Gasteiger charge is 2.27. The molecule has 0 bridgehead atoms. The summed E-state index contributed by atoms with van der Waals surface area (Å²) in [5, 5.41) is 2.47. The van der Waals surface area contributed by atoms with Crippen molar-refractivity contribution in [1.29, 1.82) is 0 Å². The van der Waals surface area contributed by atoms with Gasteiger partial charge in [-0.05, 0) is 35.0 Å². The molecule has 0 spiro atoms. The zero-order valence-electron chi connectivity index (χ0n) is 16.1. The van der Waals surface area contributed by atoms with E-state index in [1.54, 1.807) is 28.0 Å². The second-order valence-electron chi connectivity index (χ2n) is 6.96. The molecule has 1 heterocycles. The molecule has 0 N–H and O–H groups in total. The lowest BCUT2D eigenvalue weighted by Crippen LogP contribution is -2.50. The highest BCUT2D eigenvalue weighted by Crippen LogP contribution is 2.25. The van der Waals surface area contributed by atoms with Crippen molar-refractivity contribution in [3.8, 4) is 5.75 Å². The topological polar surface area (TPSA) is 49.9 Å². The molecule has 0 radical (unpaired) electrons. The number of piperazine rings is 1. The molecule has 0 saturated carbocycles. The lowest BCUT2D eigenvalue weighted by Gasteiger charge is -2.35. The number of amides is 2. The Balaban J connectivity index is 1.49. The quantitative estimate of drug-likeness (QED) is 0.655. The Bertz CT molecular complexity index is 1070. The molecule has 3 aromatic carbocycles. The summed E-state index contributed by atoms with van der Waals surface area (Å²) in [6, 6.07) is 18.6. The van der Waals surface area contributed by atoms with Gasteiger partial charge >= 0.3 is 0 Å². The van der Waals surface area contributed by atoms with E-state index in [4.69, 9.17) is 16.3 Å². The van der Waals surface area contributed by atoms with Gasteiger partial charge in [0.1, 0.15) is 5.75 Å². The molecular formula is C23H21ClN2O3. The highest BCUT2D eigenvalue weighted by atomic mass is 35.5. The smallest absolute Gasteiger partial charge is 0.257 e. The molecule has 0 unspecified atom stereocenters. The van der Waals surface area contributed by atoms with E-state index >= 15 is 0 Å². The van der Waals surface area contributed by atoms with Crippen LogP contribution < -0.4 is 4.74 Å². The standard InChI is InChI=1S/C23H21ClN2O3/c1-29-21-10-9-17(24)15-20(21)23(28)26-13-11-25(12-14-26)22(27)19-8-4-6-16-5-2-3-7-18(16)19/h2-10,15H,11-14H2,1H3. The molecule has 5 nitrogen and oxygen atoms in total. The second-order valence-corrected chi connectivity index (χ2v) is 7.39. The van der Waals surface area contributed by atoms with Gasteiger partial charge in [-0.2, -0.15) is 0 Å². The number of carbonyl (C=O) groups excluding carboxylic acids is 2. The number of fused-ring (bicyclic) bond motifs is 1. The van der Waals surface area contributed by atoms with Gasteiger partial charge in [0.05, 0.1) is 12.7 Å². The molecule has 29 heavy (non-hydrogen) atoms. The number of nitrogens with zero attached hydrogens (tertiary/aromatic N) is 2. The van der Waals surface area contributed by atoms with E-state index in [-0.39, 0.29) is 11.8 Å². The van der Waals surface area contributed by atoms with Crippen LogP contribution in [0.5, 0.6) is 5.75 Å². The normalized spacial score (nSPS) is 14.1. The maximum atomic E-state index is 13.1. The first-order chi connectivity index (χ1) is 14.1. The maximum Gasteiger partial charge on any atom is 0.257 e. The fraction of sp³-hybridized carbons (Fsp3) is 0.217. The van der Waals surface area contributed by atoms with Crippen molar-refractivity contribution < 1.29 is 14.3 Å². The summed E-state index contributed by atoms with van der Waals surface area (Å²) >= 11 is 6.06. The Morgan fingerprint density at radius 3 is 2.14 bits per heavy atom. The fourth-order valence-electron chi connectivity index (χ4n) is 3.71. The van der Waals surface area contributed by atoms with Gasteiger partial charge in [-0.3, -0.25) is 9.59 Å². The van der Waals surface area contributed by atoms with Crippen LogP contribution in [0.4, 0.5) is 0 Å². The minimum Gasteiger partial charge on any atom is -0.496 e. The lowest BCUT2D eigenvalue weighted by molar-refractivity contribution is 0.0534. The average Bonchev–Trinajstić information content (AvgIpc) is 2.78. The van der Waals surface area contributed by atoms with E-state index in [9.17, 15) is 9.59 Å². The van der Waals surface area contributed by atoms with E-state index in [0.29, 0.717) is 48.1 Å². The first-order valence-electron chi connectivity index (χ1n) is 9.48. The van der Waals surface area contributed by atoms with Crippen molar-refractivity contribution in [2.45, 2.75) is 0 Å². The van der Waals surface area contributed by atoms with Crippen LogP contribution in [0, 0.1) is 0 Å². The molecule has 3 aromatic rings.